The standard InChI is InChI=1S/C25H26BrNO4/c1-4-30-23-12-20(14-27-22-10-9-18(25(28)29)11-17(22)3)21(26)13-24(23)31-15-19-8-6-5-7-16(19)2/h5-13,27H,4,14-15H2,1-3H3,(H,28,29). The summed E-state index contributed by atoms with van der Waals surface area (Å²) in [5.41, 5.74) is 5.36. The van der Waals surface area contributed by atoms with E-state index in [-0.39, 0.29) is 5.56 Å². The molecule has 0 atom stereocenters. The van der Waals surface area contributed by atoms with Gasteiger partial charge in [0.15, 0.2) is 11.5 Å². The van der Waals surface area contributed by atoms with Crippen LogP contribution >= 0.6 is 15.9 Å². The topological polar surface area (TPSA) is 67.8 Å². The van der Waals surface area contributed by atoms with Crippen molar-refractivity contribution in [3.05, 3.63) is 86.9 Å². The second-order valence-corrected chi connectivity index (χ2v) is 8.08. The largest absolute Gasteiger partial charge is 0.490 e. The molecule has 3 aromatic carbocycles. The Morgan fingerprint density at radius 3 is 2.39 bits per heavy atom. The molecule has 0 radical (unpaired) electrons. The number of aryl methyl sites for hydroxylation is 2. The minimum absolute atomic E-state index is 0.276. The Bertz CT molecular complexity index is 1080. The minimum atomic E-state index is -0.931. The summed E-state index contributed by atoms with van der Waals surface area (Å²) in [5, 5.41) is 12.5. The van der Waals surface area contributed by atoms with Crippen molar-refractivity contribution in [1.29, 1.82) is 0 Å². The molecule has 162 valence electrons. The van der Waals surface area contributed by atoms with Crippen LogP contribution in [0.5, 0.6) is 11.5 Å². The predicted octanol–water partition coefficient (Wildman–Crippen LogP) is 6.35. The molecular formula is C25H26BrNO4. The molecule has 0 saturated carbocycles. The van der Waals surface area contributed by atoms with Gasteiger partial charge < -0.3 is 19.9 Å². The number of benzene rings is 3. The highest BCUT2D eigenvalue weighted by atomic mass is 79.9. The molecule has 0 saturated heterocycles. The van der Waals surface area contributed by atoms with Crippen molar-refractivity contribution < 1.29 is 19.4 Å². The van der Waals surface area contributed by atoms with E-state index >= 15 is 0 Å². The molecular weight excluding hydrogens is 458 g/mol. The van der Waals surface area contributed by atoms with Crippen LogP contribution < -0.4 is 14.8 Å². The molecule has 2 N–H and O–H groups in total. The fourth-order valence-corrected chi connectivity index (χ4v) is 3.67. The van der Waals surface area contributed by atoms with Gasteiger partial charge in [-0.1, -0.05) is 40.2 Å². The van der Waals surface area contributed by atoms with Gasteiger partial charge in [-0.3, -0.25) is 0 Å². The summed E-state index contributed by atoms with van der Waals surface area (Å²) in [6.07, 6.45) is 0. The highest BCUT2D eigenvalue weighted by Crippen LogP contribution is 2.35. The average Bonchev–Trinajstić information content (AvgIpc) is 2.74. The number of ether oxygens (including phenoxy) is 2. The Morgan fingerprint density at radius 1 is 0.968 bits per heavy atom. The van der Waals surface area contributed by atoms with Gasteiger partial charge in [0.1, 0.15) is 6.61 Å². The molecule has 0 aliphatic rings. The van der Waals surface area contributed by atoms with Gasteiger partial charge in [-0.2, -0.15) is 0 Å². The number of nitrogens with one attached hydrogen (secondary N) is 1. The Labute approximate surface area is 191 Å². The summed E-state index contributed by atoms with van der Waals surface area (Å²) < 4.78 is 12.8. The molecule has 0 bridgehead atoms. The summed E-state index contributed by atoms with van der Waals surface area (Å²) >= 11 is 3.64. The molecule has 0 heterocycles. The van der Waals surface area contributed by atoms with Gasteiger partial charge in [-0.05, 0) is 73.4 Å². The number of halogens is 1. The molecule has 0 fully saturated rings. The molecule has 0 spiro atoms. The molecule has 3 aromatic rings. The molecule has 0 aromatic heterocycles. The van der Waals surface area contributed by atoms with Gasteiger partial charge in [-0.25, -0.2) is 4.79 Å². The first-order valence-electron chi connectivity index (χ1n) is 10.1. The minimum Gasteiger partial charge on any atom is -0.490 e. The number of rotatable bonds is 9. The quantitative estimate of drug-likeness (QED) is 0.370. The zero-order valence-corrected chi connectivity index (χ0v) is 19.5. The molecule has 0 aliphatic heterocycles. The van der Waals surface area contributed by atoms with Gasteiger partial charge in [0.05, 0.1) is 12.2 Å². The van der Waals surface area contributed by atoms with Crippen molar-refractivity contribution in [2.75, 3.05) is 11.9 Å². The molecule has 5 nitrogen and oxygen atoms in total. The predicted molar refractivity (Wildman–Crippen MR) is 126 cm³/mol. The van der Waals surface area contributed by atoms with Crippen molar-refractivity contribution in [3.63, 3.8) is 0 Å². The van der Waals surface area contributed by atoms with E-state index < -0.39 is 5.97 Å². The lowest BCUT2D eigenvalue weighted by Gasteiger charge is -2.17. The fraction of sp³-hybridized carbons (Fsp3) is 0.240. The number of hydrogen-bond acceptors (Lipinski definition) is 4. The van der Waals surface area contributed by atoms with Gasteiger partial charge in [0.2, 0.25) is 0 Å². The first kappa shape index (κ1) is 22.7. The third kappa shape index (κ3) is 5.79. The van der Waals surface area contributed by atoms with E-state index in [1.54, 1.807) is 18.2 Å². The second kappa shape index (κ2) is 10.4. The molecule has 3 rings (SSSR count). The van der Waals surface area contributed by atoms with Gasteiger partial charge in [-0.15, -0.1) is 0 Å². The average molecular weight is 484 g/mol. The first-order chi connectivity index (χ1) is 14.9. The zero-order valence-electron chi connectivity index (χ0n) is 17.9. The van der Waals surface area contributed by atoms with E-state index in [0.29, 0.717) is 31.3 Å². The number of carboxylic acids is 1. The van der Waals surface area contributed by atoms with E-state index in [9.17, 15) is 4.79 Å². The maximum atomic E-state index is 11.1. The van der Waals surface area contributed by atoms with E-state index in [0.717, 1.165) is 26.9 Å². The zero-order chi connectivity index (χ0) is 22.4. The van der Waals surface area contributed by atoms with Gasteiger partial charge >= 0.3 is 5.97 Å². The smallest absolute Gasteiger partial charge is 0.335 e. The maximum Gasteiger partial charge on any atom is 0.335 e. The number of aromatic carboxylic acids is 1. The maximum absolute atomic E-state index is 11.1. The molecule has 0 aliphatic carbocycles. The van der Waals surface area contributed by atoms with Crippen LogP contribution in [0.25, 0.3) is 0 Å². The normalized spacial score (nSPS) is 10.6. The van der Waals surface area contributed by atoms with Crippen LogP contribution in [-0.2, 0) is 13.2 Å². The molecule has 0 unspecified atom stereocenters. The lowest BCUT2D eigenvalue weighted by atomic mass is 10.1. The Morgan fingerprint density at radius 2 is 1.71 bits per heavy atom. The van der Waals surface area contributed by atoms with E-state index in [1.807, 2.05) is 38.1 Å². The van der Waals surface area contributed by atoms with Crippen LogP contribution in [0.4, 0.5) is 5.69 Å². The van der Waals surface area contributed by atoms with Crippen molar-refractivity contribution >= 4 is 27.6 Å². The van der Waals surface area contributed by atoms with Gasteiger partial charge in [0, 0.05) is 16.7 Å². The van der Waals surface area contributed by atoms with Crippen LogP contribution in [0.2, 0.25) is 0 Å². The number of carboxylic acid groups (broad SMARTS) is 1. The van der Waals surface area contributed by atoms with Crippen LogP contribution in [0.15, 0.2) is 59.1 Å². The number of anilines is 1. The van der Waals surface area contributed by atoms with Crippen molar-refractivity contribution in [3.8, 4) is 11.5 Å². The van der Waals surface area contributed by atoms with Crippen LogP contribution in [-0.4, -0.2) is 17.7 Å². The summed E-state index contributed by atoms with van der Waals surface area (Å²) in [6.45, 7) is 7.44. The molecule has 6 heteroatoms. The fourth-order valence-electron chi connectivity index (χ4n) is 3.21. The Balaban J connectivity index is 1.76. The van der Waals surface area contributed by atoms with Crippen LogP contribution in [0.3, 0.4) is 0 Å². The molecule has 0 amide bonds. The van der Waals surface area contributed by atoms with Gasteiger partial charge in [0.25, 0.3) is 0 Å². The summed E-state index contributed by atoms with van der Waals surface area (Å²) in [4.78, 5) is 11.1. The summed E-state index contributed by atoms with van der Waals surface area (Å²) in [7, 11) is 0. The van der Waals surface area contributed by atoms with E-state index in [2.05, 4.69) is 40.3 Å². The number of hydrogen-bond donors (Lipinski definition) is 2. The molecule has 31 heavy (non-hydrogen) atoms. The van der Waals surface area contributed by atoms with Crippen molar-refractivity contribution in [1.82, 2.24) is 0 Å². The van der Waals surface area contributed by atoms with Crippen molar-refractivity contribution in [2.24, 2.45) is 0 Å². The highest BCUT2D eigenvalue weighted by molar-refractivity contribution is 9.10. The number of carbonyl (C=O) groups is 1. The SMILES string of the molecule is CCOc1cc(CNc2ccc(C(=O)O)cc2C)c(Br)cc1OCc1ccccc1C. The summed E-state index contributed by atoms with van der Waals surface area (Å²) in [5.74, 6) is 0.441. The summed E-state index contributed by atoms with van der Waals surface area (Å²) in [6, 6.07) is 17.1. The van der Waals surface area contributed by atoms with E-state index in [1.165, 1.54) is 5.56 Å². The lowest BCUT2D eigenvalue weighted by Crippen LogP contribution is -2.06. The van der Waals surface area contributed by atoms with Crippen LogP contribution in [0, 0.1) is 13.8 Å². The highest BCUT2D eigenvalue weighted by Gasteiger charge is 2.13. The third-order valence-electron chi connectivity index (χ3n) is 5.00. The lowest BCUT2D eigenvalue weighted by molar-refractivity contribution is 0.0697. The van der Waals surface area contributed by atoms with E-state index in [4.69, 9.17) is 14.6 Å². The second-order valence-electron chi connectivity index (χ2n) is 7.23. The Kier molecular flexibility index (Phi) is 7.58. The monoisotopic (exact) mass is 483 g/mol. The Hall–Kier alpha value is -2.99. The third-order valence-corrected chi connectivity index (χ3v) is 5.74. The van der Waals surface area contributed by atoms with Crippen LogP contribution in [0.1, 0.15) is 39.5 Å². The first-order valence-corrected chi connectivity index (χ1v) is 10.9. The van der Waals surface area contributed by atoms with Crippen molar-refractivity contribution in [2.45, 2.75) is 33.9 Å².